The molecule has 0 bridgehead atoms. The topological polar surface area (TPSA) is 0 Å². The molecule has 0 rings (SSSR count). The highest BCUT2D eigenvalue weighted by molar-refractivity contribution is 6.24. The first-order chi connectivity index (χ1) is 3.62. The molecule has 0 heterocycles. The van der Waals surface area contributed by atoms with Crippen LogP contribution in [0.5, 0.6) is 0 Å². The summed E-state index contributed by atoms with van der Waals surface area (Å²) in [7, 11) is 0. The fraction of sp³-hybridized carbons (Fsp3) is 1.00. The van der Waals surface area contributed by atoms with Gasteiger partial charge in [0.05, 0.1) is 0 Å². The fourth-order valence-electron chi connectivity index (χ4n) is 0.374. The van der Waals surface area contributed by atoms with E-state index in [1.807, 2.05) is 6.92 Å². The molecule has 8 heavy (non-hydrogen) atoms. The summed E-state index contributed by atoms with van der Waals surface area (Å²) in [5.74, 6) is 0.661. The summed E-state index contributed by atoms with van der Waals surface area (Å²) in [5.41, 5.74) is 0. The van der Waals surface area contributed by atoms with Crippen LogP contribution in [0.25, 0.3) is 0 Å². The van der Waals surface area contributed by atoms with Crippen molar-refractivity contribution in [2.24, 2.45) is 0 Å². The van der Waals surface area contributed by atoms with Crippen molar-refractivity contribution in [3.8, 4) is 0 Å². The van der Waals surface area contributed by atoms with E-state index in [0.717, 1.165) is 12.8 Å². The van der Waals surface area contributed by atoms with E-state index in [1.165, 1.54) is 0 Å². The van der Waals surface area contributed by atoms with E-state index in [9.17, 15) is 0 Å². The largest absolute Gasteiger partial charge is 0.127 e. The number of rotatable bonds is 3. The first-order valence-electron chi connectivity index (χ1n) is 2.87. The number of hydrogen-bond donors (Lipinski definition) is 0. The SMILES string of the molecule is CCC(C)(Cl)CCCl. The molecule has 0 nitrogen and oxygen atoms in total. The Morgan fingerprint density at radius 3 is 2.12 bits per heavy atom. The maximum absolute atomic E-state index is 5.94. The van der Waals surface area contributed by atoms with Gasteiger partial charge in [-0.2, -0.15) is 0 Å². The quantitative estimate of drug-likeness (QED) is 0.549. The van der Waals surface area contributed by atoms with Crippen molar-refractivity contribution >= 4 is 23.2 Å². The van der Waals surface area contributed by atoms with Crippen LogP contribution in [0, 0.1) is 0 Å². The van der Waals surface area contributed by atoms with Crippen LogP contribution < -0.4 is 0 Å². The van der Waals surface area contributed by atoms with Crippen molar-refractivity contribution in [2.75, 3.05) is 5.88 Å². The molecule has 0 aliphatic heterocycles. The standard InChI is InChI=1S/C6H12Cl2/c1-3-6(2,8)4-5-7/h3-5H2,1-2H3. The van der Waals surface area contributed by atoms with Crippen molar-refractivity contribution in [3.05, 3.63) is 0 Å². The van der Waals surface area contributed by atoms with E-state index in [4.69, 9.17) is 23.2 Å². The lowest BCUT2D eigenvalue weighted by Crippen LogP contribution is -2.14. The first-order valence-corrected chi connectivity index (χ1v) is 3.78. The molecule has 0 spiro atoms. The van der Waals surface area contributed by atoms with Crippen molar-refractivity contribution in [3.63, 3.8) is 0 Å². The summed E-state index contributed by atoms with van der Waals surface area (Å²) < 4.78 is 0. The molecule has 0 amide bonds. The fourth-order valence-corrected chi connectivity index (χ4v) is 0.982. The van der Waals surface area contributed by atoms with Crippen molar-refractivity contribution in [1.29, 1.82) is 0 Å². The Labute approximate surface area is 61.2 Å². The highest BCUT2D eigenvalue weighted by Crippen LogP contribution is 2.22. The molecule has 0 saturated heterocycles. The second-order valence-corrected chi connectivity index (χ2v) is 3.50. The predicted molar refractivity (Wildman–Crippen MR) is 39.9 cm³/mol. The average Bonchev–Trinajstić information content (AvgIpc) is 1.67. The van der Waals surface area contributed by atoms with E-state index in [1.54, 1.807) is 0 Å². The van der Waals surface area contributed by atoms with Crippen LogP contribution in [0.3, 0.4) is 0 Å². The Morgan fingerprint density at radius 2 is 2.00 bits per heavy atom. The van der Waals surface area contributed by atoms with Crippen LogP contribution in [0.2, 0.25) is 0 Å². The zero-order chi connectivity index (χ0) is 6.62. The molecular formula is C6H12Cl2. The van der Waals surface area contributed by atoms with Gasteiger partial charge in [-0.3, -0.25) is 0 Å². The van der Waals surface area contributed by atoms with Crippen LogP contribution in [0.15, 0.2) is 0 Å². The van der Waals surface area contributed by atoms with Crippen molar-refractivity contribution < 1.29 is 0 Å². The first kappa shape index (κ1) is 8.58. The molecule has 1 atom stereocenters. The van der Waals surface area contributed by atoms with E-state index < -0.39 is 0 Å². The summed E-state index contributed by atoms with van der Waals surface area (Å²) in [5, 5.41) is 0. The molecule has 0 aromatic rings. The molecule has 0 N–H and O–H groups in total. The lowest BCUT2D eigenvalue weighted by molar-refractivity contribution is 0.590. The minimum absolute atomic E-state index is 0.0677. The summed E-state index contributed by atoms with van der Waals surface area (Å²) in [4.78, 5) is -0.0677. The normalized spacial score (nSPS) is 18.0. The maximum atomic E-state index is 5.94. The van der Waals surface area contributed by atoms with Gasteiger partial charge in [0.2, 0.25) is 0 Å². The van der Waals surface area contributed by atoms with E-state index in [-0.39, 0.29) is 4.87 Å². The summed E-state index contributed by atoms with van der Waals surface area (Å²) in [6.07, 6.45) is 1.88. The molecule has 0 saturated carbocycles. The highest BCUT2D eigenvalue weighted by Gasteiger charge is 2.15. The van der Waals surface area contributed by atoms with E-state index in [2.05, 4.69) is 6.92 Å². The molecule has 2 heteroatoms. The zero-order valence-electron chi connectivity index (χ0n) is 5.38. The molecule has 0 aliphatic carbocycles. The predicted octanol–water partition coefficient (Wildman–Crippen LogP) is 3.02. The molecule has 0 aromatic heterocycles. The molecule has 50 valence electrons. The third-order valence-electron chi connectivity index (χ3n) is 1.35. The molecular weight excluding hydrogens is 143 g/mol. The van der Waals surface area contributed by atoms with Gasteiger partial charge in [0.1, 0.15) is 0 Å². The second-order valence-electron chi connectivity index (χ2n) is 2.21. The Balaban J connectivity index is 3.37. The molecule has 0 fully saturated rings. The minimum atomic E-state index is -0.0677. The Hall–Kier alpha value is 0.580. The van der Waals surface area contributed by atoms with Gasteiger partial charge >= 0.3 is 0 Å². The second kappa shape index (κ2) is 3.58. The van der Waals surface area contributed by atoms with Crippen LogP contribution >= 0.6 is 23.2 Å². The van der Waals surface area contributed by atoms with Gasteiger partial charge in [-0.25, -0.2) is 0 Å². The minimum Gasteiger partial charge on any atom is -0.127 e. The number of hydrogen-bond acceptors (Lipinski definition) is 0. The maximum Gasteiger partial charge on any atom is 0.0427 e. The third-order valence-corrected chi connectivity index (χ3v) is 2.00. The van der Waals surface area contributed by atoms with Crippen LogP contribution in [0.1, 0.15) is 26.7 Å². The average molecular weight is 155 g/mol. The molecule has 1 unspecified atom stereocenters. The van der Waals surface area contributed by atoms with Gasteiger partial charge in [0.25, 0.3) is 0 Å². The van der Waals surface area contributed by atoms with E-state index >= 15 is 0 Å². The lowest BCUT2D eigenvalue weighted by Gasteiger charge is -2.16. The summed E-state index contributed by atoms with van der Waals surface area (Å²) >= 11 is 11.4. The Kier molecular flexibility index (Phi) is 3.84. The monoisotopic (exact) mass is 154 g/mol. The molecule has 0 aliphatic rings. The molecule has 0 radical (unpaired) electrons. The van der Waals surface area contributed by atoms with Gasteiger partial charge in [0, 0.05) is 10.8 Å². The van der Waals surface area contributed by atoms with Crippen molar-refractivity contribution in [1.82, 2.24) is 0 Å². The Bertz CT molecular complexity index is 59.5. The van der Waals surface area contributed by atoms with Gasteiger partial charge in [-0.1, -0.05) is 6.92 Å². The van der Waals surface area contributed by atoms with Gasteiger partial charge in [-0.15, -0.1) is 23.2 Å². The smallest absolute Gasteiger partial charge is 0.0427 e. The van der Waals surface area contributed by atoms with Crippen molar-refractivity contribution in [2.45, 2.75) is 31.6 Å². The van der Waals surface area contributed by atoms with Gasteiger partial charge in [0.15, 0.2) is 0 Å². The zero-order valence-corrected chi connectivity index (χ0v) is 6.89. The summed E-state index contributed by atoms with van der Waals surface area (Å²) in [6.45, 7) is 4.08. The highest BCUT2D eigenvalue weighted by atomic mass is 35.5. The van der Waals surface area contributed by atoms with Gasteiger partial charge in [-0.05, 0) is 19.8 Å². The van der Waals surface area contributed by atoms with Crippen LogP contribution in [-0.2, 0) is 0 Å². The van der Waals surface area contributed by atoms with Crippen LogP contribution in [-0.4, -0.2) is 10.8 Å². The van der Waals surface area contributed by atoms with Gasteiger partial charge < -0.3 is 0 Å². The van der Waals surface area contributed by atoms with E-state index in [0.29, 0.717) is 5.88 Å². The molecule has 0 aromatic carbocycles. The Morgan fingerprint density at radius 1 is 1.50 bits per heavy atom. The van der Waals surface area contributed by atoms with Crippen LogP contribution in [0.4, 0.5) is 0 Å². The third kappa shape index (κ3) is 3.57. The number of halogens is 2. The number of alkyl halides is 2. The summed E-state index contributed by atoms with van der Waals surface area (Å²) in [6, 6.07) is 0. The lowest BCUT2D eigenvalue weighted by atomic mass is 10.1.